The van der Waals surface area contributed by atoms with E-state index in [4.69, 9.17) is 4.99 Å². The predicted octanol–water partition coefficient (Wildman–Crippen LogP) is 6.89. The van der Waals surface area contributed by atoms with Crippen LogP contribution in [0.2, 0.25) is 0 Å². The molecule has 0 saturated carbocycles. The third-order valence-corrected chi connectivity index (χ3v) is 8.49. The highest BCUT2D eigenvalue weighted by Gasteiger charge is 2.34. The first-order chi connectivity index (χ1) is 24.4. The molecule has 1 atom stereocenters. The zero-order chi connectivity index (χ0) is 34.6. The second kappa shape index (κ2) is 13.7. The normalized spacial score (nSPS) is 14.6. The molecule has 50 heavy (non-hydrogen) atoms. The number of fused-ring (bicyclic) bond motifs is 1. The number of imide groups is 1. The number of amides is 4. The third kappa shape index (κ3) is 6.37. The van der Waals surface area contributed by atoms with Crippen LogP contribution in [0.1, 0.15) is 51.1 Å². The Morgan fingerprint density at radius 3 is 2.32 bits per heavy atom. The maximum atomic E-state index is 13.7. The summed E-state index contributed by atoms with van der Waals surface area (Å²) in [5.41, 5.74) is 5.75. The van der Waals surface area contributed by atoms with Gasteiger partial charge in [-0.05, 0) is 66.1 Å². The Morgan fingerprint density at radius 2 is 1.60 bits per heavy atom. The summed E-state index contributed by atoms with van der Waals surface area (Å²) in [6.07, 6.45) is 4.83. The Morgan fingerprint density at radius 1 is 0.900 bits per heavy atom. The van der Waals surface area contributed by atoms with Gasteiger partial charge < -0.3 is 20.7 Å². The van der Waals surface area contributed by atoms with E-state index in [1.807, 2.05) is 73.7 Å². The van der Waals surface area contributed by atoms with E-state index in [1.165, 1.54) is 0 Å². The van der Waals surface area contributed by atoms with Crippen LogP contribution >= 0.6 is 0 Å². The van der Waals surface area contributed by atoms with Crippen LogP contribution in [0.25, 0.3) is 17.0 Å². The highest BCUT2D eigenvalue weighted by Crippen LogP contribution is 2.33. The fourth-order valence-electron chi connectivity index (χ4n) is 5.98. The Kier molecular flexibility index (Phi) is 8.73. The molecule has 6 aromatic rings. The number of benzene rings is 4. The van der Waals surface area contributed by atoms with Crippen molar-refractivity contribution in [1.82, 2.24) is 20.6 Å². The van der Waals surface area contributed by atoms with Crippen molar-refractivity contribution in [2.75, 3.05) is 4.90 Å². The van der Waals surface area contributed by atoms with Crippen molar-refractivity contribution < 1.29 is 19.5 Å². The fourth-order valence-corrected chi connectivity index (χ4v) is 5.98. The van der Waals surface area contributed by atoms with E-state index >= 15 is 0 Å². The molecular formula is C40H32N6O4. The van der Waals surface area contributed by atoms with E-state index in [1.54, 1.807) is 67.0 Å². The van der Waals surface area contributed by atoms with Crippen LogP contribution in [-0.4, -0.2) is 38.6 Å². The topological polar surface area (TPSA) is 140 Å². The van der Waals surface area contributed by atoms with E-state index in [2.05, 4.69) is 20.6 Å². The average molecular weight is 661 g/mol. The summed E-state index contributed by atoms with van der Waals surface area (Å²) in [6.45, 7) is 2.14. The third-order valence-electron chi connectivity index (χ3n) is 8.49. The average Bonchev–Trinajstić information content (AvgIpc) is 3.63. The fraction of sp³-hybridized carbons (Fsp3) is 0.0750. The van der Waals surface area contributed by atoms with Crippen LogP contribution in [0.15, 0.2) is 138 Å². The van der Waals surface area contributed by atoms with Crippen molar-refractivity contribution >= 4 is 46.2 Å². The van der Waals surface area contributed by atoms with Gasteiger partial charge in [0.05, 0.1) is 29.5 Å². The summed E-state index contributed by atoms with van der Waals surface area (Å²) < 4.78 is 0. The van der Waals surface area contributed by atoms with Crippen molar-refractivity contribution in [2.24, 2.45) is 4.99 Å². The van der Waals surface area contributed by atoms with Gasteiger partial charge >= 0.3 is 6.03 Å². The maximum absolute atomic E-state index is 13.7. The number of aromatic amines is 1. The lowest BCUT2D eigenvalue weighted by Gasteiger charge is -2.16. The Balaban J connectivity index is 1.19. The van der Waals surface area contributed by atoms with Crippen molar-refractivity contribution in [1.29, 1.82) is 0 Å². The molecule has 3 heterocycles. The number of urea groups is 1. The molecule has 7 rings (SSSR count). The number of carbonyl (C=O) groups excluding carboxylic acids is 3. The van der Waals surface area contributed by atoms with Gasteiger partial charge in [0.1, 0.15) is 5.70 Å². The number of nitrogens with zero attached hydrogens (tertiary/aromatic N) is 3. The molecule has 0 radical (unpaired) electrons. The lowest BCUT2D eigenvalue weighted by molar-refractivity contribution is -0.113. The molecule has 4 amide bonds. The first kappa shape index (κ1) is 31.8. The molecule has 0 unspecified atom stereocenters. The van der Waals surface area contributed by atoms with Crippen molar-refractivity contribution in [3.8, 4) is 5.88 Å². The summed E-state index contributed by atoms with van der Waals surface area (Å²) in [6, 6.07) is 34.2. The molecule has 0 bridgehead atoms. The number of aliphatic imine (C=N–C) groups is 1. The number of rotatable bonds is 9. The first-order valence-electron chi connectivity index (χ1n) is 16.0. The van der Waals surface area contributed by atoms with Gasteiger partial charge in [-0.2, -0.15) is 0 Å². The molecule has 1 aliphatic rings. The number of hydrogen-bond donors (Lipinski definition) is 4. The minimum absolute atomic E-state index is 0.108. The van der Waals surface area contributed by atoms with Crippen molar-refractivity contribution in [3.05, 3.63) is 167 Å². The molecule has 10 nitrogen and oxygen atoms in total. The van der Waals surface area contributed by atoms with Crippen molar-refractivity contribution in [3.63, 3.8) is 0 Å². The zero-order valence-corrected chi connectivity index (χ0v) is 27.0. The van der Waals surface area contributed by atoms with Crippen LogP contribution in [0, 0.1) is 0 Å². The molecular weight excluding hydrogens is 628 g/mol. The largest absolute Gasteiger partial charge is 0.494 e. The van der Waals surface area contributed by atoms with E-state index < -0.39 is 11.9 Å². The lowest BCUT2D eigenvalue weighted by Crippen LogP contribution is -2.30. The van der Waals surface area contributed by atoms with Gasteiger partial charge in [0.25, 0.3) is 11.8 Å². The number of carbonyl (C=O) groups is 3. The number of anilines is 1. The Bertz CT molecular complexity index is 2260. The molecule has 1 saturated heterocycles. The number of nitrogens with one attached hydrogen (secondary N) is 3. The Labute approximate surface area is 287 Å². The van der Waals surface area contributed by atoms with Crippen LogP contribution in [0.5, 0.6) is 5.88 Å². The number of pyridine rings is 1. The van der Waals surface area contributed by atoms with Gasteiger partial charge in [-0.3, -0.25) is 19.6 Å². The second-order valence-electron chi connectivity index (χ2n) is 11.8. The Hall–Kier alpha value is -6.81. The minimum Gasteiger partial charge on any atom is -0.494 e. The van der Waals surface area contributed by atoms with Crippen LogP contribution in [-0.2, 0) is 11.3 Å². The zero-order valence-electron chi connectivity index (χ0n) is 27.0. The number of hydrogen-bond acceptors (Lipinski definition) is 6. The highest BCUT2D eigenvalue weighted by molar-refractivity contribution is 6.28. The van der Waals surface area contributed by atoms with E-state index in [0.717, 1.165) is 27.2 Å². The molecule has 4 N–H and O–H groups in total. The van der Waals surface area contributed by atoms with Gasteiger partial charge in [-0.1, -0.05) is 78.9 Å². The monoisotopic (exact) mass is 660 g/mol. The number of H-pyrrole nitrogens is 1. The minimum atomic E-state index is -0.541. The van der Waals surface area contributed by atoms with E-state index in [-0.39, 0.29) is 30.1 Å². The molecule has 0 spiro atoms. The van der Waals surface area contributed by atoms with E-state index in [9.17, 15) is 19.5 Å². The second-order valence-corrected chi connectivity index (χ2v) is 11.8. The molecule has 4 aromatic carbocycles. The van der Waals surface area contributed by atoms with Crippen LogP contribution in [0.4, 0.5) is 10.5 Å². The lowest BCUT2D eigenvalue weighted by atomic mass is 9.97. The first-order valence-corrected chi connectivity index (χ1v) is 16.0. The predicted molar refractivity (Wildman–Crippen MR) is 193 cm³/mol. The molecule has 2 aromatic heterocycles. The SMILES string of the molecule is C[C@@H](NC(=O)c1cccc2[nH]c(O)c(C(=NCc3ccc(N4C(=O)N/C(=C\c5ccncc5)C4=O)cc3)c3ccccc3)c12)c1ccccc1. The van der Waals surface area contributed by atoms with Crippen LogP contribution < -0.4 is 15.5 Å². The standard InChI is InChI=1S/C40H32N6O4/c1-25(28-9-4-2-5-10-28)43-37(47)31-13-8-14-32-34(31)35(38(48)44-32)36(29-11-6-3-7-12-29)42-24-27-15-17-30(18-16-27)46-39(49)33(45-40(46)50)23-26-19-21-41-22-20-26/h2-23,25,44,48H,24H2,1H3,(H,43,47)(H,45,50)/b33-23-,42-36?/t25-/m1/s1. The summed E-state index contributed by atoms with van der Waals surface area (Å²) in [7, 11) is 0. The maximum Gasteiger partial charge on any atom is 0.333 e. The van der Waals surface area contributed by atoms with Gasteiger partial charge in [0.2, 0.25) is 0 Å². The number of aromatic hydroxyl groups is 1. The van der Waals surface area contributed by atoms with Crippen LogP contribution in [0.3, 0.4) is 0 Å². The molecule has 1 fully saturated rings. The quantitative estimate of drug-likeness (QED) is 0.0760. The smallest absolute Gasteiger partial charge is 0.333 e. The van der Waals surface area contributed by atoms with Gasteiger partial charge in [0.15, 0.2) is 5.88 Å². The van der Waals surface area contributed by atoms with Crippen molar-refractivity contribution in [2.45, 2.75) is 19.5 Å². The van der Waals surface area contributed by atoms with Gasteiger partial charge in [0, 0.05) is 34.4 Å². The molecule has 10 heteroatoms. The summed E-state index contributed by atoms with van der Waals surface area (Å²) in [5, 5.41) is 17.6. The van der Waals surface area contributed by atoms with Gasteiger partial charge in [-0.15, -0.1) is 0 Å². The summed E-state index contributed by atoms with van der Waals surface area (Å²) in [5.74, 6) is -0.852. The van der Waals surface area contributed by atoms with E-state index in [0.29, 0.717) is 33.4 Å². The molecule has 1 aliphatic heterocycles. The molecule has 246 valence electrons. The summed E-state index contributed by atoms with van der Waals surface area (Å²) >= 11 is 0. The summed E-state index contributed by atoms with van der Waals surface area (Å²) in [4.78, 5) is 52.7. The molecule has 0 aliphatic carbocycles. The number of aromatic nitrogens is 2. The highest BCUT2D eigenvalue weighted by atomic mass is 16.3. The van der Waals surface area contributed by atoms with Gasteiger partial charge in [-0.25, -0.2) is 9.69 Å².